The van der Waals surface area contributed by atoms with Crippen LogP contribution in [0.15, 0.2) is 0 Å². The van der Waals surface area contributed by atoms with Crippen LogP contribution in [0.25, 0.3) is 0 Å². The quantitative estimate of drug-likeness (QED) is 0.572. The number of hydrogen-bond donors (Lipinski definition) is 2. The van der Waals surface area contributed by atoms with Crippen LogP contribution in [0.2, 0.25) is 0 Å². The molecule has 0 aliphatic heterocycles. The van der Waals surface area contributed by atoms with Crippen LogP contribution >= 0.6 is 0 Å². The molecule has 0 amide bonds. The minimum absolute atomic E-state index is 0.0855. The molecule has 19 heavy (non-hydrogen) atoms. The van der Waals surface area contributed by atoms with Crippen LogP contribution in [0.1, 0.15) is 65.7 Å². The van der Waals surface area contributed by atoms with Crippen LogP contribution in [0.5, 0.6) is 0 Å². The van der Waals surface area contributed by atoms with Crippen molar-refractivity contribution in [2.24, 2.45) is 0 Å². The standard InChI is InChI=1S/C16H34N2O/c1-4-6-11-18(12-7-5-2)13-10-16(3,14-19)17-15-8-9-15/h15,17,19H,4-14H2,1-3H3. The lowest BCUT2D eigenvalue weighted by atomic mass is 9.98. The van der Waals surface area contributed by atoms with Gasteiger partial charge in [0.25, 0.3) is 0 Å². The summed E-state index contributed by atoms with van der Waals surface area (Å²) in [6, 6.07) is 0.664. The number of nitrogens with one attached hydrogen (secondary N) is 1. The minimum atomic E-state index is -0.0855. The molecular formula is C16H34N2O. The van der Waals surface area contributed by atoms with Gasteiger partial charge in [-0.05, 0) is 58.7 Å². The molecule has 1 unspecified atom stereocenters. The van der Waals surface area contributed by atoms with Crippen molar-refractivity contribution in [1.29, 1.82) is 0 Å². The van der Waals surface area contributed by atoms with Crippen LogP contribution in [0, 0.1) is 0 Å². The Kier molecular flexibility index (Phi) is 7.96. The van der Waals surface area contributed by atoms with E-state index in [9.17, 15) is 5.11 Å². The summed E-state index contributed by atoms with van der Waals surface area (Å²) in [6.07, 6.45) is 8.72. The molecular weight excluding hydrogens is 236 g/mol. The maximum absolute atomic E-state index is 9.65. The van der Waals surface area contributed by atoms with E-state index in [1.807, 2.05) is 0 Å². The van der Waals surface area contributed by atoms with Crippen molar-refractivity contribution in [1.82, 2.24) is 10.2 Å². The van der Waals surface area contributed by atoms with Gasteiger partial charge in [-0.15, -0.1) is 0 Å². The average molecular weight is 270 g/mol. The molecule has 0 heterocycles. The number of aliphatic hydroxyl groups excluding tert-OH is 1. The van der Waals surface area contributed by atoms with Gasteiger partial charge in [0.2, 0.25) is 0 Å². The average Bonchev–Trinajstić information content (AvgIpc) is 3.21. The molecule has 0 radical (unpaired) electrons. The van der Waals surface area contributed by atoms with Gasteiger partial charge < -0.3 is 15.3 Å². The van der Waals surface area contributed by atoms with Crippen molar-refractivity contribution in [3.05, 3.63) is 0 Å². The van der Waals surface area contributed by atoms with Crippen LogP contribution in [0.3, 0.4) is 0 Å². The van der Waals surface area contributed by atoms with Gasteiger partial charge in [-0.1, -0.05) is 26.7 Å². The van der Waals surface area contributed by atoms with E-state index in [0.29, 0.717) is 6.04 Å². The Hall–Kier alpha value is -0.120. The monoisotopic (exact) mass is 270 g/mol. The predicted octanol–water partition coefficient (Wildman–Crippen LogP) is 2.78. The topological polar surface area (TPSA) is 35.5 Å². The molecule has 1 aliphatic carbocycles. The van der Waals surface area contributed by atoms with E-state index >= 15 is 0 Å². The van der Waals surface area contributed by atoms with E-state index < -0.39 is 0 Å². The van der Waals surface area contributed by atoms with E-state index in [4.69, 9.17) is 0 Å². The normalized spacial score (nSPS) is 18.8. The maximum atomic E-state index is 9.65. The summed E-state index contributed by atoms with van der Waals surface area (Å²) in [7, 11) is 0. The summed E-state index contributed by atoms with van der Waals surface area (Å²) in [4.78, 5) is 2.58. The minimum Gasteiger partial charge on any atom is -0.394 e. The first kappa shape index (κ1) is 16.9. The summed E-state index contributed by atoms with van der Waals surface area (Å²) in [5, 5.41) is 13.3. The smallest absolute Gasteiger partial charge is 0.0611 e. The van der Waals surface area contributed by atoms with Gasteiger partial charge in [-0.25, -0.2) is 0 Å². The van der Waals surface area contributed by atoms with Gasteiger partial charge in [0.05, 0.1) is 6.61 Å². The van der Waals surface area contributed by atoms with Crippen molar-refractivity contribution in [3.8, 4) is 0 Å². The summed E-state index contributed by atoms with van der Waals surface area (Å²) in [5.74, 6) is 0. The zero-order valence-corrected chi connectivity index (χ0v) is 13.2. The summed E-state index contributed by atoms with van der Waals surface area (Å²) in [5.41, 5.74) is -0.0855. The SMILES string of the molecule is CCCCN(CCCC)CCC(C)(CO)NC1CC1. The molecule has 1 aliphatic rings. The van der Waals surface area contributed by atoms with Crippen molar-refractivity contribution < 1.29 is 5.11 Å². The number of rotatable bonds is 12. The second-order valence-corrected chi connectivity index (χ2v) is 6.44. The molecule has 0 aromatic heterocycles. The summed E-state index contributed by atoms with van der Waals surface area (Å²) < 4.78 is 0. The highest BCUT2D eigenvalue weighted by Crippen LogP contribution is 2.24. The van der Waals surface area contributed by atoms with Gasteiger partial charge >= 0.3 is 0 Å². The molecule has 0 aromatic rings. The molecule has 0 saturated heterocycles. The highest BCUT2D eigenvalue weighted by Gasteiger charge is 2.31. The maximum Gasteiger partial charge on any atom is 0.0611 e. The van der Waals surface area contributed by atoms with Gasteiger partial charge in [0.15, 0.2) is 0 Å². The lowest BCUT2D eigenvalue weighted by Gasteiger charge is -2.32. The Morgan fingerprint density at radius 1 is 1.11 bits per heavy atom. The summed E-state index contributed by atoms with van der Waals surface area (Å²) >= 11 is 0. The van der Waals surface area contributed by atoms with E-state index in [1.54, 1.807) is 0 Å². The third kappa shape index (κ3) is 7.28. The zero-order chi connectivity index (χ0) is 14.1. The van der Waals surface area contributed by atoms with Gasteiger partial charge in [0, 0.05) is 11.6 Å². The highest BCUT2D eigenvalue weighted by atomic mass is 16.3. The van der Waals surface area contributed by atoms with Crippen molar-refractivity contribution in [3.63, 3.8) is 0 Å². The first-order valence-corrected chi connectivity index (χ1v) is 8.24. The lowest BCUT2D eigenvalue weighted by molar-refractivity contribution is 0.142. The Morgan fingerprint density at radius 2 is 1.68 bits per heavy atom. The third-order valence-electron chi connectivity index (χ3n) is 4.11. The number of hydrogen-bond acceptors (Lipinski definition) is 3. The first-order chi connectivity index (χ1) is 9.13. The fraction of sp³-hybridized carbons (Fsp3) is 1.00. The Labute approximate surface area is 119 Å². The van der Waals surface area contributed by atoms with Crippen molar-refractivity contribution >= 4 is 0 Å². The second kappa shape index (κ2) is 8.93. The third-order valence-corrected chi connectivity index (χ3v) is 4.11. The number of unbranched alkanes of at least 4 members (excludes halogenated alkanes) is 2. The van der Waals surface area contributed by atoms with Gasteiger partial charge in [-0.2, -0.15) is 0 Å². The fourth-order valence-corrected chi connectivity index (χ4v) is 2.42. The van der Waals surface area contributed by atoms with Crippen LogP contribution in [-0.2, 0) is 0 Å². The van der Waals surface area contributed by atoms with E-state index in [-0.39, 0.29) is 12.1 Å². The van der Waals surface area contributed by atoms with Crippen LogP contribution in [-0.4, -0.2) is 47.8 Å². The molecule has 1 saturated carbocycles. The number of aliphatic hydroxyl groups is 1. The van der Waals surface area contributed by atoms with Gasteiger partial charge in [-0.3, -0.25) is 0 Å². The van der Waals surface area contributed by atoms with Crippen molar-refractivity contribution in [2.45, 2.75) is 77.3 Å². The molecule has 114 valence electrons. The largest absolute Gasteiger partial charge is 0.394 e. The highest BCUT2D eigenvalue weighted by molar-refractivity contribution is 4.92. The first-order valence-electron chi connectivity index (χ1n) is 8.24. The van der Waals surface area contributed by atoms with Crippen LogP contribution in [0.4, 0.5) is 0 Å². The molecule has 3 nitrogen and oxygen atoms in total. The van der Waals surface area contributed by atoms with E-state index in [2.05, 4.69) is 31.0 Å². The number of nitrogens with zero attached hydrogens (tertiary/aromatic N) is 1. The molecule has 1 atom stereocenters. The lowest BCUT2D eigenvalue weighted by Crippen LogP contribution is -2.49. The molecule has 0 spiro atoms. The van der Waals surface area contributed by atoms with E-state index in [0.717, 1.165) is 13.0 Å². The molecule has 1 rings (SSSR count). The zero-order valence-electron chi connectivity index (χ0n) is 13.2. The Morgan fingerprint density at radius 3 is 2.11 bits per heavy atom. The fourth-order valence-electron chi connectivity index (χ4n) is 2.42. The van der Waals surface area contributed by atoms with E-state index in [1.165, 1.54) is 51.6 Å². The molecule has 1 fully saturated rings. The second-order valence-electron chi connectivity index (χ2n) is 6.44. The summed E-state index contributed by atoms with van der Waals surface area (Å²) in [6.45, 7) is 10.5. The Balaban J connectivity index is 2.33. The molecule has 2 N–H and O–H groups in total. The molecule has 0 aromatic carbocycles. The van der Waals surface area contributed by atoms with Crippen LogP contribution < -0.4 is 5.32 Å². The van der Waals surface area contributed by atoms with Crippen molar-refractivity contribution in [2.75, 3.05) is 26.2 Å². The molecule has 0 bridgehead atoms. The molecule has 3 heteroatoms. The van der Waals surface area contributed by atoms with Gasteiger partial charge in [0.1, 0.15) is 0 Å². The predicted molar refractivity (Wildman–Crippen MR) is 82.5 cm³/mol. The Bertz CT molecular complexity index is 223.